The van der Waals surface area contributed by atoms with E-state index in [9.17, 15) is 4.79 Å². The van der Waals surface area contributed by atoms with E-state index >= 15 is 0 Å². The Bertz CT molecular complexity index is 710. The summed E-state index contributed by atoms with van der Waals surface area (Å²) in [6.07, 6.45) is 6.53. The van der Waals surface area contributed by atoms with E-state index in [2.05, 4.69) is 25.2 Å². The summed E-state index contributed by atoms with van der Waals surface area (Å²) >= 11 is 0. The Morgan fingerprint density at radius 3 is 2.96 bits per heavy atom. The SMILES string of the molecule is N#Cc1ccc(N2CCCC(NC(=O)c3ccncn3)C2)cn1. The lowest BCUT2D eigenvalue weighted by atomic mass is 10.0. The molecule has 23 heavy (non-hydrogen) atoms. The third kappa shape index (κ3) is 3.61. The van der Waals surface area contributed by atoms with Gasteiger partial charge in [-0.25, -0.2) is 15.0 Å². The van der Waals surface area contributed by atoms with E-state index in [0.29, 0.717) is 17.9 Å². The molecule has 0 spiro atoms. The molecule has 7 heteroatoms. The topological polar surface area (TPSA) is 94.8 Å². The van der Waals surface area contributed by atoms with Gasteiger partial charge in [-0.15, -0.1) is 0 Å². The summed E-state index contributed by atoms with van der Waals surface area (Å²) in [5.41, 5.74) is 1.74. The van der Waals surface area contributed by atoms with Crippen LogP contribution < -0.4 is 10.2 Å². The molecule has 1 fully saturated rings. The van der Waals surface area contributed by atoms with Crippen molar-refractivity contribution in [2.45, 2.75) is 18.9 Å². The number of amides is 1. The summed E-state index contributed by atoms with van der Waals surface area (Å²) in [6, 6.07) is 7.26. The van der Waals surface area contributed by atoms with Gasteiger partial charge in [-0.2, -0.15) is 5.26 Å². The second-order valence-electron chi connectivity index (χ2n) is 5.37. The molecule has 1 unspecified atom stereocenters. The summed E-state index contributed by atoms with van der Waals surface area (Å²) in [7, 11) is 0. The fourth-order valence-corrected chi connectivity index (χ4v) is 2.65. The van der Waals surface area contributed by atoms with Gasteiger partial charge < -0.3 is 10.2 Å². The molecule has 1 aliphatic rings. The van der Waals surface area contributed by atoms with Gasteiger partial charge in [0.2, 0.25) is 0 Å². The smallest absolute Gasteiger partial charge is 0.270 e. The van der Waals surface area contributed by atoms with Crippen molar-refractivity contribution in [1.29, 1.82) is 5.26 Å². The molecule has 2 aromatic heterocycles. The number of anilines is 1. The van der Waals surface area contributed by atoms with Crippen LogP contribution in [0.1, 0.15) is 29.0 Å². The Morgan fingerprint density at radius 2 is 2.26 bits per heavy atom. The van der Waals surface area contributed by atoms with Gasteiger partial charge in [0.1, 0.15) is 23.8 Å². The number of hydrogen-bond acceptors (Lipinski definition) is 6. The summed E-state index contributed by atoms with van der Waals surface area (Å²) in [4.78, 5) is 26.2. The van der Waals surface area contributed by atoms with Crippen molar-refractivity contribution >= 4 is 11.6 Å². The van der Waals surface area contributed by atoms with Crippen molar-refractivity contribution in [2.24, 2.45) is 0 Å². The van der Waals surface area contributed by atoms with Crippen LogP contribution in [0.15, 0.2) is 36.9 Å². The maximum absolute atomic E-state index is 12.2. The number of nitrogens with zero attached hydrogens (tertiary/aromatic N) is 5. The van der Waals surface area contributed by atoms with Crippen LogP contribution in [-0.4, -0.2) is 40.0 Å². The lowest BCUT2D eigenvalue weighted by Crippen LogP contribution is -2.48. The van der Waals surface area contributed by atoms with Gasteiger partial charge in [0.25, 0.3) is 5.91 Å². The van der Waals surface area contributed by atoms with Gasteiger partial charge in [-0.1, -0.05) is 0 Å². The molecule has 7 nitrogen and oxygen atoms in total. The highest BCUT2D eigenvalue weighted by Gasteiger charge is 2.22. The summed E-state index contributed by atoms with van der Waals surface area (Å²) in [5, 5.41) is 11.8. The zero-order valence-corrected chi connectivity index (χ0v) is 12.5. The number of nitriles is 1. The highest BCUT2D eigenvalue weighted by molar-refractivity contribution is 5.92. The number of piperidine rings is 1. The number of pyridine rings is 1. The van der Waals surface area contributed by atoms with Crippen molar-refractivity contribution in [1.82, 2.24) is 20.3 Å². The van der Waals surface area contributed by atoms with E-state index in [4.69, 9.17) is 5.26 Å². The second kappa shape index (κ2) is 6.83. The van der Waals surface area contributed by atoms with Crippen LogP contribution in [0.2, 0.25) is 0 Å². The average molecular weight is 308 g/mol. The number of hydrogen-bond donors (Lipinski definition) is 1. The minimum atomic E-state index is -0.183. The quantitative estimate of drug-likeness (QED) is 0.913. The molecule has 1 saturated heterocycles. The van der Waals surface area contributed by atoms with Crippen molar-refractivity contribution in [2.75, 3.05) is 18.0 Å². The van der Waals surface area contributed by atoms with Gasteiger partial charge in [0.15, 0.2) is 0 Å². The van der Waals surface area contributed by atoms with Crippen LogP contribution >= 0.6 is 0 Å². The van der Waals surface area contributed by atoms with E-state index in [-0.39, 0.29) is 11.9 Å². The molecule has 1 aliphatic heterocycles. The number of nitrogens with one attached hydrogen (secondary N) is 1. The Morgan fingerprint density at radius 1 is 1.35 bits per heavy atom. The maximum Gasteiger partial charge on any atom is 0.270 e. The number of rotatable bonds is 3. The predicted octanol–water partition coefficient (Wildman–Crippen LogP) is 1.14. The molecule has 3 rings (SSSR count). The molecule has 1 amide bonds. The molecule has 2 aromatic rings. The van der Waals surface area contributed by atoms with E-state index in [1.54, 1.807) is 24.5 Å². The molecular formula is C16H16N6O. The highest BCUT2D eigenvalue weighted by Crippen LogP contribution is 2.19. The van der Waals surface area contributed by atoms with Crippen molar-refractivity contribution < 1.29 is 4.79 Å². The molecule has 0 saturated carbocycles. The fourth-order valence-electron chi connectivity index (χ4n) is 2.65. The summed E-state index contributed by atoms with van der Waals surface area (Å²) in [6.45, 7) is 1.62. The first-order valence-electron chi connectivity index (χ1n) is 7.44. The second-order valence-corrected chi connectivity index (χ2v) is 5.37. The van der Waals surface area contributed by atoms with Crippen LogP contribution in [0.4, 0.5) is 5.69 Å². The lowest BCUT2D eigenvalue weighted by molar-refractivity contribution is 0.0928. The first-order chi connectivity index (χ1) is 11.3. The minimum absolute atomic E-state index is 0.0573. The molecule has 0 aliphatic carbocycles. The standard InChI is InChI=1S/C16H16N6O/c17-8-12-3-4-14(9-19-12)22-7-1-2-13(10-22)21-16(23)15-5-6-18-11-20-15/h3-6,9,11,13H,1-2,7,10H2,(H,21,23). The van der Waals surface area contributed by atoms with Gasteiger partial charge in [-0.05, 0) is 31.0 Å². The molecular weight excluding hydrogens is 292 g/mol. The molecule has 116 valence electrons. The highest BCUT2D eigenvalue weighted by atomic mass is 16.1. The monoisotopic (exact) mass is 308 g/mol. The molecule has 0 bridgehead atoms. The van der Waals surface area contributed by atoms with Crippen LogP contribution in [0.25, 0.3) is 0 Å². The number of carbonyl (C=O) groups excluding carboxylic acids is 1. The van der Waals surface area contributed by atoms with Crippen molar-refractivity contribution in [3.05, 3.63) is 48.3 Å². The van der Waals surface area contributed by atoms with Crippen LogP contribution in [-0.2, 0) is 0 Å². The molecule has 1 N–H and O–H groups in total. The third-order valence-corrected chi connectivity index (χ3v) is 3.80. The van der Waals surface area contributed by atoms with Gasteiger partial charge in [0.05, 0.1) is 11.9 Å². The molecule has 3 heterocycles. The van der Waals surface area contributed by atoms with Crippen LogP contribution in [0.5, 0.6) is 0 Å². The largest absolute Gasteiger partial charge is 0.368 e. The van der Waals surface area contributed by atoms with Crippen LogP contribution in [0.3, 0.4) is 0 Å². The first-order valence-corrected chi connectivity index (χ1v) is 7.44. The van der Waals surface area contributed by atoms with E-state index in [1.807, 2.05) is 12.1 Å². The Kier molecular flexibility index (Phi) is 4.43. The van der Waals surface area contributed by atoms with Gasteiger partial charge in [-0.3, -0.25) is 4.79 Å². The Labute approximate surface area is 134 Å². The minimum Gasteiger partial charge on any atom is -0.368 e. The zero-order valence-electron chi connectivity index (χ0n) is 12.5. The molecule has 1 atom stereocenters. The van der Waals surface area contributed by atoms with E-state index in [1.165, 1.54) is 6.33 Å². The van der Waals surface area contributed by atoms with Crippen molar-refractivity contribution in [3.63, 3.8) is 0 Å². The van der Waals surface area contributed by atoms with Crippen molar-refractivity contribution in [3.8, 4) is 6.07 Å². The van der Waals surface area contributed by atoms with Gasteiger partial charge in [0, 0.05) is 25.3 Å². The lowest BCUT2D eigenvalue weighted by Gasteiger charge is -2.34. The van der Waals surface area contributed by atoms with E-state index < -0.39 is 0 Å². The average Bonchev–Trinajstić information content (AvgIpc) is 2.63. The summed E-state index contributed by atoms with van der Waals surface area (Å²) < 4.78 is 0. The Balaban J connectivity index is 1.64. The number of carbonyl (C=O) groups is 1. The summed E-state index contributed by atoms with van der Waals surface area (Å²) in [5.74, 6) is -0.183. The van der Waals surface area contributed by atoms with Crippen LogP contribution in [0, 0.1) is 11.3 Å². The Hall–Kier alpha value is -3.01. The fraction of sp³-hybridized carbons (Fsp3) is 0.312. The molecule has 0 radical (unpaired) electrons. The first kappa shape index (κ1) is 14.9. The zero-order chi connectivity index (χ0) is 16.1. The maximum atomic E-state index is 12.2. The molecule has 0 aromatic carbocycles. The third-order valence-electron chi connectivity index (χ3n) is 3.80. The van der Waals surface area contributed by atoms with Gasteiger partial charge >= 0.3 is 0 Å². The normalized spacial score (nSPS) is 17.3. The van der Waals surface area contributed by atoms with E-state index in [0.717, 1.165) is 25.1 Å². The number of aromatic nitrogens is 3. The predicted molar refractivity (Wildman–Crippen MR) is 83.7 cm³/mol.